The Balaban J connectivity index is 2.13. The normalized spacial score (nSPS) is 14.4. The lowest BCUT2D eigenvalue weighted by atomic mass is 9.95. The van der Waals surface area contributed by atoms with E-state index in [1.54, 1.807) is 7.11 Å². The molecular weight excluding hydrogens is 330 g/mol. The predicted octanol–water partition coefficient (Wildman–Crippen LogP) is 3.70. The zero-order valence-corrected chi connectivity index (χ0v) is 13.7. The molecule has 0 aliphatic carbocycles. The Kier molecular flexibility index (Phi) is 4.17. The van der Waals surface area contributed by atoms with E-state index in [4.69, 9.17) is 9.47 Å². The van der Waals surface area contributed by atoms with E-state index in [2.05, 4.69) is 39.4 Å². The van der Waals surface area contributed by atoms with Gasteiger partial charge in [0.15, 0.2) is 0 Å². The van der Waals surface area contributed by atoms with Gasteiger partial charge in [0.2, 0.25) is 0 Å². The number of methoxy groups -OCH3 is 1. The maximum Gasteiger partial charge on any atom is 0.127 e. The molecule has 1 aliphatic heterocycles. The van der Waals surface area contributed by atoms with Gasteiger partial charge in [-0.1, -0.05) is 34.1 Å². The predicted molar refractivity (Wildman–Crippen MR) is 87.2 cm³/mol. The molecule has 1 N–H and O–H groups in total. The van der Waals surface area contributed by atoms with Gasteiger partial charge in [-0.2, -0.15) is 0 Å². The second kappa shape index (κ2) is 6.08. The van der Waals surface area contributed by atoms with Crippen LogP contribution in [-0.2, 0) is 6.42 Å². The average molecular weight is 348 g/mol. The van der Waals surface area contributed by atoms with Gasteiger partial charge in [-0.05, 0) is 30.8 Å². The van der Waals surface area contributed by atoms with Crippen molar-refractivity contribution in [2.75, 3.05) is 20.8 Å². The topological polar surface area (TPSA) is 30.5 Å². The van der Waals surface area contributed by atoms with Crippen molar-refractivity contribution in [1.29, 1.82) is 0 Å². The van der Waals surface area contributed by atoms with Crippen molar-refractivity contribution in [2.45, 2.75) is 12.5 Å². The molecule has 0 saturated carbocycles. The van der Waals surface area contributed by atoms with E-state index in [1.165, 1.54) is 5.56 Å². The Bertz CT molecular complexity index is 657. The fraction of sp³-hybridized carbons (Fsp3) is 0.294. The molecule has 0 spiro atoms. The van der Waals surface area contributed by atoms with Gasteiger partial charge >= 0.3 is 0 Å². The van der Waals surface area contributed by atoms with E-state index in [9.17, 15) is 0 Å². The minimum atomic E-state index is 0.0329. The Labute approximate surface area is 133 Å². The smallest absolute Gasteiger partial charge is 0.127 e. The van der Waals surface area contributed by atoms with Gasteiger partial charge in [0.1, 0.15) is 11.5 Å². The molecule has 0 amide bonds. The number of rotatable bonds is 4. The molecule has 3 rings (SSSR count). The Morgan fingerprint density at radius 1 is 1.24 bits per heavy atom. The lowest BCUT2D eigenvalue weighted by Gasteiger charge is -2.22. The van der Waals surface area contributed by atoms with Gasteiger partial charge in [-0.15, -0.1) is 0 Å². The molecule has 1 aliphatic rings. The van der Waals surface area contributed by atoms with Crippen molar-refractivity contribution < 1.29 is 9.47 Å². The summed E-state index contributed by atoms with van der Waals surface area (Å²) in [4.78, 5) is 0. The minimum Gasteiger partial charge on any atom is -0.496 e. The third-order valence-electron chi connectivity index (χ3n) is 3.83. The number of nitrogens with one attached hydrogen (secondary N) is 1. The van der Waals surface area contributed by atoms with Crippen molar-refractivity contribution in [2.24, 2.45) is 0 Å². The molecule has 1 unspecified atom stereocenters. The van der Waals surface area contributed by atoms with Gasteiger partial charge < -0.3 is 14.8 Å². The summed E-state index contributed by atoms with van der Waals surface area (Å²) in [5, 5.41) is 3.39. The molecule has 0 aromatic heterocycles. The van der Waals surface area contributed by atoms with Gasteiger partial charge in [-0.3, -0.25) is 0 Å². The molecule has 110 valence electrons. The highest BCUT2D eigenvalue weighted by Gasteiger charge is 2.25. The lowest BCUT2D eigenvalue weighted by molar-refractivity contribution is 0.350. The Hall–Kier alpha value is -1.52. The number of hydrogen-bond acceptors (Lipinski definition) is 3. The summed E-state index contributed by atoms with van der Waals surface area (Å²) in [6.45, 7) is 0.751. The van der Waals surface area contributed by atoms with Gasteiger partial charge in [0.05, 0.1) is 19.8 Å². The maximum absolute atomic E-state index is 5.86. The molecule has 3 nitrogen and oxygen atoms in total. The number of hydrogen-bond donors (Lipinski definition) is 1. The first kappa shape index (κ1) is 14.4. The Morgan fingerprint density at radius 2 is 2.05 bits per heavy atom. The molecule has 4 heteroatoms. The molecule has 0 fully saturated rings. The van der Waals surface area contributed by atoms with E-state index < -0.39 is 0 Å². The third kappa shape index (κ3) is 2.65. The first-order chi connectivity index (χ1) is 10.2. The van der Waals surface area contributed by atoms with Crippen molar-refractivity contribution in [3.63, 3.8) is 0 Å². The quantitative estimate of drug-likeness (QED) is 0.914. The highest BCUT2D eigenvalue weighted by Crippen LogP contribution is 2.40. The Morgan fingerprint density at radius 3 is 2.81 bits per heavy atom. The van der Waals surface area contributed by atoms with Crippen molar-refractivity contribution in [1.82, 2.24) is 5.32 Å². The first-order valence-corrected chi connectivity index (χ1v) is 7.79. The zero-order valence-electron chi connectivity index (χ0n) is 12.2. The van der Waals surface area contributed by atoms with Crippen molar-refractivity contribution in [3.05, 3.63) is 57.6 Å². The first-order valence-electron chi connectivity index (χ1n) is 7.00. The van der Waals surface area contributed by atoms with E-state index >= 15 is 0 Å². The molecular formula is C17H18BrNO2. The van der Waals surface area contributed by atoms with Crippen LogP contribution in [-0.4, -0.2) is 20.8 Å². The number of benzene rings is 2. The van der Waals surface area contributed by atoms with Crippen LogP contribution in [0.2, 0.25) is 0 Å². The van der Waals surface area contributed by atoms with Crippen LogP contribution in [0.5, 0.6) is 11.5 Å². The van der Waals surface area contributed by atoms with Crippen LogP contribution in [0.3, 0.4) is 0 Å². The largest absolute Gasteiger partial charge is 0.496 e. The highest BCUT2D eigenvalue weighted by atomic mass is 79.9. The molecule has 0 saturated heterocycles. The fourth-order valence-corrected chi connectivity index (χ4v) is 3.42. The average Bonchev–Trinajstić information content (AvgIpc) is 2.96. The molecule has 0 radical (unpaired) electrons. The fourth-order valence-electron chi connectivity index (χ4n) is 2.90. The molecule has 2 aromatic carbocycles. The molecule has 1 heterocycles. The summed E-state index contributed by atoms with van der Waals surface area (Å²) in [6.07, 6.45) is 0.962. The summed E-state index contributed by atoms with van der Waals surface area (Å²) in [7, 11) is 3.66. The summed E-state index contributed by atoms with van der Waals surface area (Å²) in [5.41, 5.74) is 3.51. The van der Waals surface area contributed by atoms with Crippen LogP contribution in [0.25, 0.3) is 0 Å². The second-order valence-corrected chi connectivity index (χ2v) is 5.96. The number of ether oxygens (including phenoxy) is 2. The molecule has 0 bridgehead atoms. The van der Waals surface area contributed by atoms with Gasteiger partial charge in [0, 0.05) is 22.0 Å². The maximum atomic E-state index is 5.86. The van der Waals surface area contributed by atoms with E-state index in [0.29, 0.717) is 0 Å². The van der Waals surface area contributed by atoms with Gasteiger partial charge in [0.25, 0.3) is 0 Å². The molecule has 21 heavy (non-hydrogen) atoms. The summed E-state index contributed by atoms with van der Waals surface area (Å²) in [6, 6.07) is 12.4. The molecule has 1 atom stereocenters. The second-order valence-electron chi connectivity index (χ2n) is 5.05. The summed E-state index contributed by atoms with van der Waals surface area (Å²) in [5.74, 6) is 1.88. The number of fused-ring (bicyclic) bond motifs is 1. The summed E-state index contributed by atoms with van der Waals surface area (Å²) >= 11 is 3.61. The van der Waals surface area contributed by atoms with Crippen LogP contribution < -0.4 is 14.8 Å². The van der Waals surface area contributed by atoms with Crippen LogP contribution >= 0.6 is 15.9 Å². The minimum absolute atomic E-state index is 0.0329. The van der Waals surface area contributed by atoms with E-state index in [-0.39, 0.29) is 6.04 Å². The zero-order chi connectivity index (χ0) is 14.8. The van der Waals surface area contributed by atoms with Crippen LogP contribution in [0, 0.1) is 0 Å². The highest BCUT2D eigenvalue weighted by molar-refractivity contribution is 9.10. The SMILES string of the molecule is CNC(c1ccccc1OC)c1cc(Br)cc2c1OCC2. The molecule has 2 aromatic rings. The van der Waals surface area contributed by atoms with E-state index in [1.807, 2.05) is 25.2 Å². The van der Waals surface area contributed by atoms with Crippen LogP contribution in [0.1, 0.15) is 22.7 Å². The number of para-hydroxylation sites is 1. The van der Waals surface area contributed by atoms with E-state index in [0.717, 1.165) is 40.1 Å². The lowest BCUT2D eigenvalue weighted by Crippen LogP contribution is -2.19. The van der Waals surface area contributed by atoms with Crippen molar-refractivity contribution >= 4 is 15.9 Å². The van der Waals surface area contributed by atoms with Crippen LogP contribution in [0.4, 0.5) is 0 Å². The third-order valence-corrected chi connectivity index (χ3v) is 4.28. The van der Waals surface area contributed by atoms with Crippen LogP contribution in [0.15, 0.2) is 40.9 Å². The summed E-state index contributed by atoms with van der Waals surface area (Å²) < 4.78 is 12.4. The van der Waals surface area contributed by atoms with Crippen molar-refractivity contribution in [3.8, 4) is 11.5 Å². The monoisotopic (exact) mass is 347 g/mol. The standard InChI is InChI=1S/C17H18BrNO2/c1-19-16(13-5-3-4-6-15(13)20-2)14-10-12(18)9-11-7-8-21-17(11)14/h3-6,9-10,16,19H,7-8H2,1-2H3. The van der Waals surface area contributed by atoms with Gasteiger partial charge in [-0.25, -0.2) is 0 Å². The number of halogens is 1.